The maximum Gasteiger partial charge on any atom is 0.269 e. The van der Waals surface area contributed by atoms with Gasteiger partial charge in [-0.15, -0.1) is 0 Å². The summed E-state index contributed by atoms with van der Waals surface area (Å²) in [5.74, 6) is 1.47. The Morgan fingerprint density at radius 2 is 2.04 bits per heavy atom. The predicted molar refractivity (Wildman–Crippen MR) is 95.9 cm³/mol. The van der Waals surface area contributed by atoms with Gasteiger partial charge in [-0.25, -0.2) is 4.98 Å². The zero-order valence-corrected chi connectivity index (χ0v) is 14.3. The van der Waals surface area contributed by atoms with E-state index < -0.39 is 4.92 Å². The Kier molecular flexibility index (Phi) is 3.91. The molecule has 2 saturated carbocycles. The zero-order valence-electron chi connectivity index (χ0n) is 13.5. The molecule has 1 aromatic heterocycles. The van der Waals surface area contributed by atoms with E-state index in [1.54, 1.807) is 0 Å². The Bertz CT molecular complexity index is 833. The number of hydrogen-bond donors (Lipinski definition) is 2. The molecule has 0 radical (unpaired) electrons. The Morgan fingerprint density at radius 3 is 2.64 bits per heavy atom. The second-order valence-corrected chi connectivity index (χ2v) is 7.79. The highest BCUT2D eigenvalue weighted by molar-refractivity contribution is 7.18. The van der Waals surface area contributed by atoms with E-state index in [0.717, 1.165) is 12.3 Å². The smallest absolute Gasteiger partial charge is 0.269 e. The summed E-state index contributed by atoms with van der Waals surface area (Å²) in [5, 5.41) is 14.8. The lowest BCUT2D eigenvalue weighted by Gasteiger charge is -2.22. The molecule has 2 bridgehead atoms. The molecular weight excluding hydrogens is 340 g/mol. The second-order valence-electron chi connectivity index (χ2n) is 6.79. The minimum absolute atomic E-state index is 0.0486. The van der Waals surface area contributed by atoms with Crippen LogP contribution in [0.1, 0.15) is 40.9 Å². The lowest BCUT2D eigenvalue weighted by molar-refractivity contribution is -0.384. The Balaban J connectivity index is 1.51. The first-order valence-electron chi connectivity index (χ1n) is 8.33. The standard InChI is InChI=1S/C17H18N4O3S/c18-16-15(14(22)10-3-5-12(6-4-10)21(23)24)25-17(20-16)19-13-8-9-1-2-11(13)7-9/h3-6,9,11,13H,1-2,7-8,18H2,(H,19,20)/t9?,11?,13-/m0/s1. The van der Waals surface area contributed by atoms with Crippen LogP contribution in [0.2, 0.25) is 0 Å². The van der Waals surface area contributed by atoms with Gasteiger partial charge in [-0.05, 0) is 43.2 Å². The van der Waals surface area contributed by atoms with Crippen molar-refractivity contribution in [2.24, 2.45) is 11.8 Å². The zero-order chi connectivity index (χ0) is 17.6. The van der Waals surface area contributed by atoms with Gasteiger partial charge in [-0.3, -0.25) is 14.9 Å². The molecular formula is C17H18N4O3S. The molecule has 0 aliphatic heterocycles. The van der Waals surface area contributed by atoms with Crippen molar-refractivity contribution in [3.05, 3.63) is 44.8 Å². The monoisotopic (exact) mass is 358 g/mol. The van der Waals surface area contributed by atoms with Crippen LogP contribution in [0.5, 0.6) is 0 Å². The largest absolute Gasteiger partial charge is 0.382 e. The molecule has 2 unspecified atom stereocenters. The van der Waals surface area contributed by atoms with Crippen molar-refractivity contribution < 1.29 is 9.72 Å². The van der Waals surface area contributed by atoms with Gasteiger partial charge in [-0.1, -0.05) is 17.8 Å². The molecule has 0 saturated heterocycles. The molecule has 0 amide bonds. The van der Waals surface area contributed by atoms with E-state index in [0.29, 0.717) is 27.5 Å². The number of nitrogen functional groups attached to an aromatic ring is 1. The topological polar surface area (TPSA) is 111 Å². The lowest BCUT2D eigenvalue weighted by atomic mass is 9.96. The molecule has 1 aromatic carbocycles. The first kappa shape index (κ1) is 16.0. The molecule has 25 heavy (non-hydrogen) atoms. The number of thiazole rings is 1. The van der Waals surface area contributed by atoms with Crippen LogP contribution < -0.4 is 11.1 Å². The van der Waals surface area contributed by atoms with Gasteiger partial charge in [0, 0.05) is 23.7 Å². The Hall–Kier alpha value is -2.48. The van der Waals surface area contributed by atoms with E-state index >= 15 is 0 Å². The fourth-order valence-corrected chi connectivity index (χ4v) is 4.91. The quantitative estimate of drug-likeness (QED) is 0.481. The van der Waals surface area contributed by atoms with E-state index in [9.17, 15) is 14.9 Å². The van der Waals surface area contributed by atoms with Crippen molar-refractivity contribution in [2.75, 3.05) is 11.1 Å². The maximum absolute atomic E-state index is 12.6. The van der Waals surface area contributed by atoms with E-state index in [1.165, 1.54) is 54.9 Å². The fraction of sp³-hybridized carbons (Fsp3) is 0.412. The average molecular weight is 358 g/mol. The molecule has 2 aliphatic carbocycles. The number of nitro benzene ring substituents is 1. The van der Waals surface area contributed by atoms with Crippen LogP contribution in [0, 0.1) is 22.0 Å². The second kappa shape index (κ2) is 6.11. The summed E-state index contributed by atoms with van der Waals surface area (Å²) < 4.78 is 0. The number of rotatable bonds is 5. The average Bonchev–Trinajstić information content (AvgIpc) is 3.30. The van der Waals surface area contributed by atoms with Crippen LogP contribution in [0.3, 0.4) is 0 Å². The molecule has 2 fully saturated rings. The summed E-state index contributed by atoms with van der Waals surface area (Å²) in [5.41, 5.74) is 6.26. The van der Waals surface area contributed by atoms with Crippen molar-refractivity contribution in [1.82, 2.24) is 4.98 Å². The van der Waals surface area contributed by atoms with Crippen molar-refractivity contribution in [3.8, 4) is 0 Å². The predicted octanol–water partition coefficient (Wildman–Crippen LogP) is 3.47. The maximum atomic E-state index is 12.6. The molecule has 1 heterocycles. The third-order valence-electron chi connectivity index (χ3n) is 5.25. The normalized spacial score (nSPS) is 24.4. The summed E-state index contributed by atoms with van der Waals surface area (Å²) in [6.45, 7) is 0. The van der Waals surface area contributed by atoms with E-state index in [4.69, 9.17) is 5.73 Å². The summed E-state index contributed by atoms with van der Waals surface area (Å²) >= 11 is 1.26. The van der Waals surface area contributed by atoms with Crippen LogP contribution >= 0.6 is 11.3 Å². The van der Waals surface area contributed by atoms with Gasteiger partial charge in [0.05, 0.1) is 4.92 Å². The first-order valence-corrected chi connectivity index (χ1v) is 9.15. The van der Waals surface area contributed by atoms with Gasteiger partial charge in [-0.2, -0.15) is 0 Å². The molecule has 7 nitrogen and oxygen atoms in total. The van der Waals surface area contributed by atoms with E-state index in [2.05, 4.69) is 10.3 Å². The van der Waals surface area contributed by atoms with Crippen molar-refractivity contribution in [2.45, 2.75) is 31.7 Å². The number of anilines is 2. The number of ketones is 1. The van der Waals surface area contributed by atoms with Gasteiger partial charge in [0.1, 0.15) is 10.7 Å². The van der Waals surface area contributed by atoms with Gasteiger partial charge in [0.15, 0.2) is 5.13 Å². The highest BCUT2D eigenvalue weighted by Gasteiger charge is 2.39. The van der Waals surface area contributed by atoms with Crippen LogP contribution in [0.25, 0.3) is 0 Å². The van der Waals surface area contributed by atoms with Crippen LogP contribution in [0.4, 0.5) is 16.6 Å². The molecule has 8 heteroatoms. The molecule has 2 aliphatic rings. The molecule has 3 N–H and O–H groups in total. The Morgan fingerprint density at radius 1 is 1.28 bits per heavy atom. The number of carbonyl (C=O) groups excluding carboxylic acids is 1. The minimum Gasteiger partial charge on any atom is -0.382 e. The number of hydrogen-bond acceptors (Lipinski definition) is 7. The van der Waals surface area contributed by atoms with E-state index in [1.807, 2.05) is 0 Å². The number of fused-ring (bicyclic) bond motifs is 2. The Labute approximate surface area is 148 Å². The highest BCUT2D eigenvalue weighted by atomic mass is 32.1. The number of nitrogens with two attached hydrogens (primary N) is 1. The third-order valence-corrected chi connectivity index (χ3v) is 6.25. The van der Waals surface area contributed by atoms with Crippen LogP contribution in [-0.4, -0.2) is 21.7 Å². The molecule has 130 valence electrons. The molecule has 2 aromatic rings. The van der Waals surface area contributed by atoms with Gasteiger partial charge < -0.3 is 11.1 Å². The van der Waals surface area contributed by atoms with Crippen LogP contribution in [-0.2, 0) is 0 Å². The first-order chi connectivity index (χ1) is 12.0. The summed E-state index contributed by atoms with van der Waals surface area (Å²) in [7, 11) is 0. The highest BCUT2D eigenvalue weighted by Crippen LogP contribution is 2.46. The number of benzene rings is 1. The summed E-state index contributed by atoms with van der Waals surface area (Å²) in [4.78, 5) is 27.5. The minimum atomic E-state index is -0.493. The van der Waals surface area contributed by atoms with Gasteiger partial charge >= 0.3 is 0 Å². The van der Waals surface area contributed by atoms with E-state index in [-0.39, 0.29) is 17.3 Å². The third kappa shape index (κ3) is 2.97. The van der Waals surface area contributed by atoms with Crippen molar-refractivity contribution in [1.29, 1.82) is 0 Å². The number of nitro groups is 1. The number of nitrogens with zero attached hydrogens (tertiary/aromatic N) is 2. The lowest BCUT2D eigenvalue weighted by Crippen LogP contribution is -2.25. The van der Waals surface area contributed by atoms with Gasteiger partial charge in [0.25, 0.3) is 5.69 Å². The number of aromatic nitrogens is 1. The van der Waals surface area contributed by atoms with Gasteiger partial charge in [0.2, 0.25) is 5.78 Å². The summed E-state index contributed by atoms with van der Waals surface area (Å²) in [6, 6.07) is 5.95. The molecule has 3 atom stereocenters. The van der Waals surface area contributed by atoms with Crippen LogP contribution in [0.15, 0.2) is 24.3 Å². The molecule has 0 spiro atoms. The number of non-ortho nitro benzene ring substituents is 1. The number of nitrogens with one attached hydrogen (secondary N) is 1. The SMILES string of the molecule is Nc1nc(N[C@H]2CC3CCC2C3)sc1C(=O)c1ccc([N+](=O)[O-])cc1. The molecule has 4 rings (SSSR count). The fourth-order valence-electron chi connectivity index (χ4n) is 4.00. The summed E-state index contributed by atoms with van der Waals surface area (Å²) in [6.07, 6.45) is 5.04. The van der Waals surface area contributed by atoms with Crippen molar-refractivity contribution >= 4 is 33.8 Å². The number of carbonyl (C=O) groups is 1. The van der Waals surface area contributed by atoms with Crippen molar-refractivity contribution in [3.63, 3.8) is 0 Å².